The van der Waals surface area contributed by atoms with Gasteiger partial charge in [0, 0.05) is 24.7 Å². The maximum atomic E-state index is 13.5. The molecule has 0 N–H and O–H groups in total. The molecule has 0 radical (unpaired) electrons. The van der Waals surface area contributed by atoms with E-state index in [0.717, 1.165) is 49.8 Å². The van der Waals surface area contributed by atoms with E-state index in [2.05, 4.69) is 9.97 Å². The van der Waals surface area contributed by atoms with Crippen LogP contribution in [0.15, 0.2) is 36.8 Å². The summed E-state index contributed by atoms with van der Waals surface area (Å²) in [4.78, 5) is 27.1. The van der Waals surface area contributed by atoms with Crippen molar-refractivity contribution in [3.05, 3.63) is 59.4 Å². The molecule has 1 aromatic heterocycles. The van der Waals surface area contributed by atoms with Crippen LogP contribution in [-0.4, -0.2) is 27.5 Å². The Morgan fingerprint density at radius 1 is 1.24 bits per heavy atom. The number of hydroxylamine groups is 2. The first-order chi connectivity index (χ1) is 14.2. The minimum Gasteiger partial charge on any atom is -0.272 e. The number of nitriles is 1. The topological polar surface area (TPSA) is 79.1 Å². The molecular formula is C22H23FN4O2. The molecule has 0 bridgehead atoms. The molecule has 2 aliphatic rings. The van der Waals surface area contributed by atoms with Gasteiger partial charge in [0.2, 0.25) is 5.91 Å². The number of aromatic nitrogens is 2. The van der Waals surface area contributed by atoms with Gasteiger partial charge >= 0.3 is 0 Å². The molecule has 6 nitrogen and oxygen atoms in total. The van der Waals surface area contributed by atoms with Crippen molar-refractivity contribution in [2.24, 2.45) is 11.8 Å². The molecule has 4 rings (SSSR count). The largest absolute Gasteiger partial charge is 0.272 e. The lowest BCUT2D eigenvalue weighted by atomic mass is 9.78. The molecule has 1 aliphatic heterocycles. The first kappa shape index (κ1) is 19.5. The number of rotatable bonds is 4. The van der Waals surface area contributed by atoms with Crippen LogP contribution in [0.2, 0.25) is 0 Å². The minimum absolute atomic E-state index is 0.0325. The summed E-state index contributed by atoms with van der Waals surface area (Å²) in [6.07, 6.45) is 9.95. The number of carbonyl (C=O) groups excluding carboxylic acids is 1. The van der Waals surface area contributed by atoms with E-state index >= 15 is 0 Å². The van der Waals surface area contributed by atoms with Crippen molar-refractivity contribution < 1.29 is 14.0 Å². The van der Waals surface area contributed by atoms with Crippen molar-refractivity contribution in [1.82, 2.24) is 15.0 Å². The third-order valence-corrected chi connectivity index (χ3v) is 5.92. The number of carbonyl (C=O) groups is 1. The Labute approximate surface area is 169 Å². The summed E-state index contributed by atoms with van der Waals surface area (Å²) in [6, 6.07) is 6.47. The average Bonchev–Trinajstić information content (AvgIpc) is 3.26. The van der Waals surface area contributed by atoms with Gasteiger partial charge in [-0.25, -0.2) is 9.45 Å². The van der Waals surface area contributed by atoms with E-state index in [1.165, 1.54) is 11.1 Å². The zero-order valence-electron chi connectivity index (χ0n) is 16.1. The normalized spacial score (nSPS) is 24.3. The lowest BCUT2D eigenvalue weighted by Gasteiger charge is -2.31. The molecule has 150 valence electrons. The highest BCUT2D eigenvalue weighted by atomic mass is 19.1. The molecule has 2 aromatic rings. The van der Waals surface area contributed by atoms with Crippen LogP contribution in [0.1, 0.15) is 55.0 Å². The van der Waals surface area contributed by atoms with Crippen molar-refractivity contribution in [2.75, 3.05) is 6.61 Å². The van der Waals surface area contributed by atoms with Crippen molar-refractivity contribution in [3.8, 4) is 6.07 Å². The lowest BCUT2D eigenvalue weighted by Crippen LogP contribution is -2.37. The Morgan fingerprint density at radius 2 is 2.07 bits per heavy atom. The molecule has 1 atom stereocenters. The predicted octanol–water partition coefficient (Wildman–Crippen LogP) is 3.74. The van der Waals surface area contributed by atoms with E-state index in [-0.39, 0.29) is 23.4 Å². The molecule has 1 aliphatic carbocycles. The number of halogens is 1. The van der Waals surface area contributed by atoms with Crippen LogP contribution >= 0.6 is 0 Å². The summed E-state index contributed by atoms with van der Waals surface area (Å²) in [5.41, 5.74) is 1.83. The fraction of sp³-hybridized carbons (Fsp3) is 0.455. The Balaban J connectivity index is 1.34. The summed E-state index contributed by atoms with van der Waals surface area (Å²) in [7, 11) is 0. The van der Waals surface area contributed by atoms with Gasteiger partial charge in [-0.3, -0.25) is 19.6 Å². The van der Waals surface area contributed by atoms with Crippen molar-refractivity contribution in [2.45, 2.75) is 44.6 Å². The molecule has 2 heterocycles. The summed E-state index contributed by atoms with van der Waals surface area (Å²) in [5.74, 6) is -0.0586. The van der Waals surface area contributed by atoms with Crippen molar-refractivity contribution >= 4 is 5.91 Å². The molecular weight excluding hydrogens is 371 g/mol. The summed E-state index contributed by atoms with van der Waals surface area (Å²) < 4.78 is 13.5. The molecule has 2 fully saturated rings. The molecule has 1 saturated carbocycles. The molecule has 29 heavy (non-hydrogen) atoms. The van der Waals surface area contributed by atoms with Crippen LogP contribution in [0.5, 0.6) is 0 Å². The van der Waals surface area contributed by atoms with E-state index in [1.807, 2.05) is 6.07 Å². The van der Waals surface area contributed by atoms with Crippen LogP contribution in [-0.2, 0) is 16.1 Å². The molecule has 1 aromatic carbocycles. The maximum Gasteiger partial charge on any atom is 0.249 e. The van der Waals surface area contributed by atoms with Gasteiger partial charge in [0.1, 0.15) is 17.9 Å². The van der Waals surface area contributed by atoms with Gasteiger partial charge in [-0.2, -0.15) is 5.26 Å². The number of hydrogen-bond acceptors (Lipinski definition) is 5. The highest BCUT2D eigenvalue weighted by Crippen LogP contribution is 2.36. The van der Waals surface area contributed by atoms with Crippen LogP contribution in [0, 0.1) is 29.0 Å². The van der Waals surface area contributed by atoms with Crippen LogP contribution in [0.4, 0.5) is 4.39 Å². The van der Waals surface area contributed by atoms with E-state index in [1.54, 1.807) is 30.7 Å². The molecule has 1 saturated heterocycles. The van der Waals surface area contributed by atoms with Crippen LogP contribution in [0.25, 0.3) is 0 Å². The van der Waals surface area contributed by atoms with Crippen molar-refractivity contribution in [3.63, 3.8) is 0 Å². The number of hydrogen-bond donors (Lipinski definition) is 0. The Hall–Kier alpha value is -2.85. The number of nitrogens with zero attached hydrogens (tertiary/aromatic N) is 4. The second-order valence-corrected chi connectivity index (χ2v) is 7.78. The Bertz CT molecular complexity index is 907. The van der Waals surface area contributed by atoms with Gasteiger partial charge in [-0.15, -0.1) is 0 Å². The summed E-state index contributed by atoms with van der Waals surface area (Å²) in [6.45, 7) is 0.508. The van der Waals surface area contributed by atoms with Gasteiger partial charge in [0.25, 0.3) is 0 Å². The maximum absolute atomic E-state index is 13.5. The smallest absolute Gasteiger partial charge is 0.249 e. The fourth-order valence-corrected chi connectivity index (χ4v) is 4.35. The third-order valence-electron chi connectivity index (χ3n) is 5.92. The second-order valence-electron chi connectivity index (χ2n) is 7.78. The van der Waals surface area contributed by atoms with Gasteiger partial charge in [0.05, 0.1) is 24.1 Å². The molecule has 0 unspecified atom stereocenters. The average molecular weight is 394 g/mol. The summed E-state index contributed by atoms with van der Waals surface area (Å²) in [5, 5.41) is 10.5. The monoisotopic (exact) mass is 394 g/mol. The number of benzene rings is 1. The lowest BCUT2D eigenvalue weighted by molar-refractivity contribution is -0.183. The highest BCUT2D eigenvalue weighted by Gasteiger charge is 2.37. The SMILES string of the molecule is N#Cc1cc(C[C@H]2CC[C@H](C(=O)N3OCC[C@H]3c3cnccn3)CC2)ccc1F. The van der Waals surface area contributed by atoms with Crippen molar-refractivity contribution in [1.29, 1.82) is 5.26 Å². The van der Waals surface area contributed by atoms with Gasteiger partial charge < -0.3 is 0 Å². The first-order valence-corrected chi connectivity index (χ1v) is 10.1. The second kappa shape index (κ2) is 8.66. The van der Waals surface area contributed by atoms with E-state index in [0.29, 0.717) is 12.5 Å². The molecule has 1 amide bonds. The number of amides is 1. The minimum atomic E-state index is -0.478. The fourth-order valence-electron chi connectivity index (χ4n) is 4.35. The standard InChI is InChI=1S/C22H23FN4O2/c23-19-6-3-16(12-18(19)13-24)11-15-1-4-17(5-2-15)22(28)27-21(7-10-29-27)20-14-25-8-9-26-20/h3,6,8-9,12,14-15,17,21H,1-2,4-5,7,10-11H2/t15-,17-,21-/m0/s1. The predicted molar refractivity (Wildman–Crippen MR) is 102 cm³/mol. The zero-order valence-corrected chi connectivity index (χ0v) is 16.1. The molecule has 0 spiro atoms. The zero-order chi connectivity index (χ0) is 20.2. The van der Waals surface area contributed by atoms with Crippen LogP contribution < -0.4 is 0 Å². The quantitative estimate of drug-likeness (QED) is 0.789. The van der Waals surface area contributed by atoms with Gasteiger partial charge in [-0.05, 0) is 55.7 Å². The van der Waals surface area contributed by atoms with Crippen LogP contribution in [0.3, 0.4) is 0 Å². The van der Waals surface area contributed by atoms with E-state index in [9.17, 15) is 9.18 Å². The Kier molecular flexibility index (Phi) is 5.81. The molecule has 7 heteroatoms. The third kappa shape index (κ3) is 4.28. The summed E-state index contributed by atoms with van der Waals surface area (Å²) >= 11 is 0. The Morgan fingerprint density at radius 3 is 2.79 bits per heavy atom. The highest BCUT2D eigenvalue weighted by molar-refractivity contribution is 5.78. The van der Waals surface area contributed by atoms with E-state index < -0.39 is 5.82 Å². The first-order valence-electron chi connectivity index (χ1n) is 10.1. The van der Waals surface area contributed by atoms with E-state index in [4.69, 9.17) is 10.1 Å². The van der Waals surface area contributed by atoms with Gasteiger partial charge in [-0.1, -0.05) is 6.07 Å². The van der Waals surface area contributed by atoms with Gasteiger partial charge in [0.15, 0.2) is 0 Å².